The van der Waals surface area contributed by atoms with Gasteiger partial charge in [-0.2, -0.15) is 11.3 Å². The number of halogens is 1. The zero-order valence-corrected chi connectivity index (χ0v) is 12.4. The summed E-state index contributed by atoms with van der Waals surface area (Å²) in [6, 6.07) is 0. The van der Waals surface area contributed by atoms with E-state index in [9.17, 15) is 4.79 Å². The summed E-state index contributed by atoms with van der Waals surface area (Å²) in [5, 5.41) is 7.94. The molecule has 1 amide bonds. The van der Waals surface area contributed by atoms with Gasteiger partial charge in [0.25, 0.3) is 5.91 Å². The van der Waals surface area contributed by atoms with Gasteiger partial charge in [0.1, 0.15) is 0 Å². The van der Waals surface area contributed by atoms with Crippen LogP contribution in [0.3, 0.4) is 0 Å². The van der Waals surface area contributed by atoms with Gasteiger partial charge >= 0.3 is 0 Å². The van der Waals surface area contributed by atoms with Gasteiger partial charge in [0, 0.05) is 16.2 Å². The van der Waals surface area contributed by atoms with Crippen molar-refractivity contribution in [2.75, 3.05) is 5.33 Å². The minimum absolute atomic E-state index is 0.0454. The zero-order chi connectivity index (χ0) is 12.2. The third kappa shape index (κ3) is 3.32. The van der Waals surface area contributed by atoms with E-state index in [2.05, 4.69) is 35.1 Å². The molecule has 0 aromatic carbocycles. The molecule has 0 radical (unpaired) electrons. The van der Waals surface area contributed by atoms with Crippen LogP contribution in [0.2, 0.25) is 0 Å². The van der Waals surface area contributed by atoms with Gasteiger partial charge in [-0.25, -0.2) is 0 Å². The highest BCUT2D eigenvalue weighted by Gasteiger charge is 2.24. The molecule has 1 rings (SSSR count). The first kappa shape index (κ1) is 13.7. The Morgan fingerprint density at radius 3 is 2.69 bits per heavy atom. The first-order valence-electron chi connectivity index (χ1n) is 5.43. The second kappa shape index (κ2) is 5.82. The van der Waals surface area contributed by atoms with Crippen molar-refractivity contribution in [3.8, 4) is 0 Å². The van der Waals surface area contributed by atoms with Crippen molar-refractivity contribution in [2.45, 2.75) is 39.2 Å². The van der Waals surface area contributed by atoms with Crippen LogP contribution in [0.25, 0.3) is 0 Å². The van der Waals surface area contributed by atoms with E-state index in [4.69, 9.17) is 0 Å². The van der Waals surface area contributed by atoms with E-state index in [1.165, 1.54) is 0 Å². The quantitative estimate of drug-likeness (QED) is 0.825. The molecular formula is C12H18BrNOS. The monoisotopic (exact) mass is 303 g/mol. The molecule has 0 bridgehead atoms. The molecule has 1 aromatic rings. The molecule has 0 fully saturated rings. The highest BCUT2D eigenvalue weighted by Crippen LogP contribution is 2.19. The van der Waals surface area contributed by atoms with Gasteiger partial charge in [0.15, 0.2) is 0 Å². The van der Waals surface area contributed by atoms with Crippen LogP contribution in [0, 0.1) is 6.92 Å². The minimum Gasteiger partial charge on any atom is -0.347 e. The lowest BCUT2D eigenvalue weighted by molar-refractivity contribution is 0.0901. The molecular weight excluding hydrogens is 286 g/mol. The normalized spacial score (nSPS) is 14.5. The number of hydrogen-bond donors (Lipinski definition) is 1. The lowest BCUT2D eigenvalue weighted by Gasteiger charge is -2.29. The van der Waals surface area contributed by atoms with E-state index in [-0.39, 0.29) is 11.4 Å². The van der Waals surface area contributed by atoms with Crippen LogP contribution in [-0.2, 0) is 0 Å². The van der Waals surface area contributed by atoms with Crippen molar-refractivity contribution in [3.63, 3.8) is 0 Å². The van der Waals surface area contributed by atoms with E-state index in [0.29, 0.717) is 0 Å². The second-order valence-corrected chi connectivity index (χ2v) is 5.81. The number of hydrogen-bond acceptors (Lipinski definition) is 2. The van der Waals surface area contributed by atoms with Gasteiger partial charge in [0.05, 0.1) is 5.56 Å². The van der Waals surface area contributed by atoms with Gasteiger partial charge in [-0.3, -0.25) is 4.79 Å². The molecule has 4 heteroatoms. The largest absolute Gasteiger partial charge is 0.347 e. The maximum absolute atomic E-state index is 12.1. The number of aryl methyl sites for hydroxylation is 1. The van der Waals surface area contributed by atoms with Gasteiger partial charge in [-0.1, -0.05) is 22.9 Å². The molecule has 0 saturated heterocycles. The average molecular weight is 304 g/mol. The van der Waals surface area contributed by atoms with Crippen LogP contribution in [0.1, 0.15) is 42.6 Å². The molecule has 0 aliphatic heterocycles. The lowest BCUT2D eigenvalue weighted by atomic mass is 9.95. The predicted octanol–water partition coefficient (Wildman–Crippen LogP) is 3.74. The number of nitrogens with one attached hydrogen (secondary N) is 1. The minimum atomic E-state index is -0.116. The topological polar surface area (TPSA) is 29.1 Å². The highest BCUT2D eigenvalue weighted by molar-refractivity contribution is 9.09. The fourth-order valence-electron chi connectivity index (χ4n) is 1.47. The van der Waals surface area contributed by atoms with E-state index in [1.54, 1.807) is 11.3 Å². The summed E-state index contributed by atoms with van der Waals surface area (Å²) in [5.41, 5.74) is 1.74. The fourth-order valence-corrected chi connectivity index (χ4v) is 3.17. The Kier molecular flexibility index (Phi) is 4.99. The molecule has 1 unspecified atom stereocenters. The first-order chi connectivity index (χ1) is 7.52. The van der Waals surface area contributed by atoms with Crippen LogP contribution in [0.15, 0.2) is 10.8 Å². The van der Waals surface area contributed by atoms with Crippen LogP contribution in [0.5, 0.6) is 0 Å². The number of amides is 1. The second-order valence-electron chi connectivity index (χ2n) is 4.28. The summed E-state index contributed by atoms with van der Waals surface area (Å²) in [4.78, 5) is 12.1. The third-order valence-corrected chi connectivity index (χ3v) is 4.20. The summed E-state index contributed by atoms with van der Waals surface area (Å²) in [6.45, 7) is 6.16. The number of rotatable bonds is 5. The molecule has 0 spiro atoms. The summed E-state index contributed by atoms with van der Waals surface area (Å²) in [5.74, 6) is 0.0454. The van der Waals surface area contributed by atoms with E-state index in [0.717, 1.165) is 29.3 Å². The van der Waals surface area contributed by atoms with Gasteiger partial charge in [-0.15, -0.1) is 0 Å². The molecule has 16 heavy (non-hydrogen) atoms. The molecule has 1 atom stereocenters. The summed E-state index contributed by atoms with van der Waals surface area (Å²) in [7, 11) is 0. The molecule has 0 aliphatic carbocycles. The highest BCUT2D eigenvalue weighted by atomic mass is 79.9. The van der Waals surface area contributed by atoms with Gasteiger partial charge in [0.2, 0.25) is 0 Å². The average Bonchev–Trinajstić information content (AvgIpc) is 2.65. The first-order valence-corrected chi connectivity index (χ1v) is 7.50. The Balaban J connectivity index is 2.73. The molecule has 90 valence electrons. The van der Waals surface area contributed by atoms with Gasteiger partial charge in [-0.05, 0) is 37.6 Å². The van der Waals surface area contributed by atoms with Crippen LogP contribution >= 0.6 is 27.3 Å². The fraction of sp³-hybridized carbons (Fsp3) is 0.583. The summed E-state index contributed by atoms with van der Waals surface area (Å²) >= 11 is 5.00. The molecule has 2 nitrogen and oxygen atoms in total. The Labute approximate surface area is 110 Å². The summed E-state index contributed by atoms with van der Waals surface area (Å²) < 4.78 is 0. The Morgan fingerprint density at radius 1 is 1.56 bits per heavy atom. The van der Waals surface area contributed by atoms with Crippen molar-refractivity contribution >= 4 is 33.2 Å². The van der Waals surface area contributed by atoms with Crippen molar-refractivity contribution in [3.05, 3.63) is 21.9 Å². The Bertz CT molecular complexity index is 364. The van der Waals surface area contributed by atoms with E-state index < -0.39 is 0 Å². The van der Waals surface area contributed by atoms with Crippen LogP contribution in [-0.4, -0.2) is 16.8 Å². The zero-order valence-electron chi connectivity index (χ0n) is 9.97. The smallest absolute Gasteiger partial charge is 0.252 e. The number of alkyl halides is 1. The lowest BCUT2D eigenvalue weighted by Crippen LogP contribution is -2.45. The third-order valence-electron chi connectivity index (χ3n) is 2.94. The summed E-state index contributed by atoms with van der Waals surface area (Å²) in [6.07, 6.45) is 1.88. The molecule has 0 saturated carbocycles. The maximum atomic E-state index is 12.1. The number of thiophene rings is 1. The van der Waals surface area contributed by atoms with Crippen molar-refractivity contribution in [2.24, 2.45) is 0 Å². The number of carbonyl (C=O) groups is 1. The molecule has 0 aliphatic rings. The van der Waals surface area contributed by atoms with Crippen LogP contribution < -0.4 is 5.32 Å². The Morgan fingerprint density at radius 2 is 2.25 bits per heavy atom. The van der Waals surface area contributed by atoms with E-state index >= 15 is 0 Å². The van der Waals surface area contributed by atoms with Crippen molar-refractivity contribution < 1.29 is 4.79 Å². The van der Waals surface area contributed by atoms with Crippen molar-refractivity contribution in [1.82, 2.24) is 5.32 Å². The van der Waals surface area contributed by atoms with Gasteiger partial charge < -0.3 is 5.32 Å². The van der Waals surface area contributed by atoms with Crippen LogP contribution in [0.4, 0.5) is 0 Å². The molecule has 1 aromatic heterocycles. The molecule has 1 N–H and O–H groups in total. The number of carbonyl (C=O) groups excluding carboxylic acids is 1. The Hall–Kier alpha value is -0.350. The standard InChI is InChI=1S/C12H18BrNOS/c1-4-12(3,5-6-13)14-11(15)10-8-16-7-9(10)2/h7-8H,4-6H2,1-3H3,(H,14,15). The molecule has 1 heterocycles. The van der Waals surface area contributed by atoms with E-state index in [1.807, 2.05) is 17.7 Å². The SMILES string of the molecule is CCC(C)(CCBr)NC(=O)c1cscc1C. The maximum Gasteiger partial charge on any atom is 0.252 e. The predicted molar refractivity (Wildman–Crippen MR) is 73.6 cm³/mol. The van der Waals surface area contributed by atoms with Crippen molar-refractivity contribution in [1.29, 1.82) is 0 Å².